The second-order valence-corrected chi connectivity index (χ2v) is 7.29. The topological polar surface area (TPSA) is 67.4 Å². The second-order valence-electron chi connectivity index (χ2n) is 3.88. The van der Waals surface area contributed by atoms with E-state index in [1.54, 1.807) is 6.08 Å². The number of halogens is 3. The molecule has 0 atom stereocenters. The van der Waals surface area contributed by atoms with Crippen molar-refractivity contribution in [1.29, 1.82) is 0 Å². The number of hydrogen-bond donors (Lipinski definition) is 2. The van der Waals surface area contributed by atoms with Crippen LogP contribution in [0.4, 0.5) is 5.69 Å². The maximum atomic E-state index is 12.2. The van der Waals surface area contributed by atoms with Gasteiger partial charge in [0.25, 0.3) is 5.91 Å². The maximum Gasteiger partial charge on any atom is 0.253 e. The van der Waals surface area contributed by atoms with Gasteiger partial charge in [-0.1, -0.05) is 6.08 Å². The average Bonchev–Trinajstić information content (AvgIpc) is 2.41. The van der Waals surface area contributed by atoms with Crippen LogP contribution >= 0.6 is 67.8 Å². The van der Waals surface area contributed by atoms with Crippen molar-refractivity contribution in [3.8, 4) is 0 Å². The molecule has 0 unspecified atom stereocenters. The SMILES string of the molecule is C=CCNC(=O)c1c(I)cc(I)c(NC(=O)COC)c1I. The van der Waals surface area contributed by atoms with Crippen molar-refractivity contribution >= 4 is 85.3 Å². The molecule has 2 amide bonds. The minimum atomic E-state index is -0.257. The third-order valence-corrected chi connectivity index (χ3v) is 5.12. The molecule has 21 heavy (non-hydrogen) atoms. The lowest BCUT2D eigenvalue weighted by Gasteiger charge is -2.15. The lowest BCUT2D eigenvalue weighted by molar-refractivity contribution is -0.119. The summed E-state index contributed by atoms with van der Waals surface area (Å²) in [7, 11) is 1.46. The van der Waals surface area contributed by atoms with Crippen LogP contribution in [0.15, 0.2) is 18.7 Å². The van der Waals surface area contributed by atoms with E-state index >= 15 is 0 Å². The molecule has 0 saturated carbocycles. The summed E-state index contributed by atoms with van der Waals surface area (Å²) in [6.45, 7) is 3.93. The Balaban J connectivity index is 3.18. The number of carbonyl (C=O) groups excluding carboxylic acids is 2. The molecule has 0 aliphatic carbocycles. The highest BCUT2D eigenvalue weighted by molar-refractivity contribution is 14.1. The van der Waals surface area contributed by atoms with Crippen LogP contribution in [0.3, 0.4) is 0 Å². The van der Waals surface area contributed by atoms with E-state index in [0.717, 1.165) is 7.14 Å². The molecule has 8 heteroatoms. The van der Waals surface area contributed by atoms with Gasteiger partial charge in [-0.2, -0.15) is 0 Å². The number of benzene rings is 1. The van der Waals surface area contributed by atoms with E-state index in [1.165, 1.54) is 7.11 Å². The highest BCUT2D eigenvalue weighted by Gasteiger charge is 2.20. The fraction of sp³-hybridized carbons (Fsp3) is 0.231. The van der Waals surface area contributed by atoms with Gasteiger partial charge in [0, 0.05) is 20.8 Å². The highest BCUT2D eigenvalue weighted by atomic mass is 127. The molecule has 5 nitrogen and oxygen atoms in total. The van der Waals surface area contributed by atoms with Crippen molar-refractivity contribution in [3.63, 3.8) is 0 Å². The molecule has 0 aliphatic heterocycles. The Morgan fingerprint density at radius 2 is 2.00 bits per heavy atom. The molecule has 0 aromatic heterocycles. The molecule has 2 N–H and O–H groups in total. The van der Waals surface area contributed by atoms with Gasteiger partial charge in [0.1, 0.15) is 6.61 Å². The smallest absolute Gasteiger partial charge is 0.253 e. The lowest BCUT2D eigenvalue weighted by Crippen LogP contribution is -2.26. The molecule has 0 fully saturated rings. The zero-order valence-electron chi connectivity index (χ0n) is 11.1. The Morgan fingerprint density at radius 3 is 2.57 bits per heavy atom. The van der Waals surface area contributed by atoms with E-state index in [4.69, 9.17) is 4.74 Å². The lowest BCUT2D eigenvalue weighted by atomic mass is 10.2. The van der Waals surface area contributed by atoms with Gasteiger partial charge in [-0.3, -0.25) is 9.59 Å². The predicted molar refractivity (Wildman–Crippen MR) is 108 cm³/mol. The van der Waals surface area contributed by atoms with Crippen LogP contribution < -0.4 is 10.6 Å². The molecular weight excluding hydrogens is 613 g/mol. The van der Waals surface area contributed by atoms with Crippen LogP contribution in [-0.4, -0.2) is 32.1 Å². The van der Waals surface area contributed by atoms with Gasteiger partial charge in [-0.25, -0.2) is 0 Å². The number of methoxy groups -OCH3 is 1. The van der Waals surface area contributed by atoms with Crippen LogP contribution in [-0.2, 0) is 9.53 Å². The summed E-state index contributed by atoms with van der Waals surface area (Å²) in [5.41, 5.74) is 1.17. The Kier molecular flexibility index (Phi) is 8.41. The summed E-state index contributed by atoms with van der Waals surface area (Å²) in [5.74, 6) is -0.450. The molecule has 1 aromatic rings. The van der Waals surface area contributed by atoms with Crippen molar-refractivity contribution in [2.75, 3.05) is 25.6 Å². The first-order valence-corrected chi connectivity index (χ1v) is 9.01. The van der Waals surface area contributed by atoms with Gasteiger partial charge in [0.15, 0.2) is 0 Å². The molecule has 0 heterocycles. The van der Waals surface area contributed by atoms with Crippen molar-refractivity contribution in [2.45, 2.75) is 0 Å². The molecule has 114 valence electrons. The summed E-state index contributed by atoms with van der Waals surface area (Å²) >= 11 is 6.31. The predicted octanol–water partition coefficient (Wildman–Crippen LogP) is 3.00. The standard InChI is InChI=1S/C13H13I3N2O3/c1-3-4-17-13(20)10-7(14)5-8(15)12(11(10)16)18-9(19)6-21-2/h3,5H,1,4,6H2,2H3,(H,17,20)(H,18,19). The van der Waals surface area contributed by atoms with Crippen LogP contribution in [0.5, 0.6) is 0 Å². The first-order valence-electron chi connectivity index (χ1n) is 5.77. The van der Waals surface area contributed by atoms with E-state index in [1.807, 2.05) is 6.07 Å². The van der Waals surface area contributed by atoms with Gasteiger partial charge in [-0.05, 0) is 73.8 Å². The van der Waals surface area contributed by atoms with Gasteiger partial charge >= 0.3 is 0 Å². The minimum Gasteiger partial charge on any atom is -0.375 e. The first kappa shape index (κ1) is 19.1. The van der Waals surface area contributed by atoms with E-state index in [0.29, 0.717) is 21.4 Å². The van der Waals surface area contributed by atoms with Crippen LogP contribution in [0.2, 0.25) is 0 Å². The van der Waals surface area contributed by atoms with Crippen molar-refractivity contribution < 1.29 is 14.3 Å². The number of amides is 2. The van der Waals surface area contributed by atoms with E-state index < -0.39 is 0 Å². The molecule has 0 saturated heterocycles. The quantitative estimate of drug-likeness (QED) is 0.378. The molecule has 1 rings (SSSR count). The van der Waals surface area contributed by atoms with E-state index in [9.17, 15) is 9.59 Å². The van der Waals surface area contributed by atoms with Crippen LogP contribution in [0.25, 0.3) is 0 Å². The first-order chi connectivity index (χ1) is 9.92. The maximum absolute atomic E-state index is 12.2. The molecule has 0 aliphatic rings. The fourth-order valence-corrected chi connectivity index (χ4v) is 5.60. The summed E-state index contributed by atoms with van der Waals surface area (Å²) in [6.07, 6.45) is 1.62. The third kappa shape index (κ3) is 5.32. The fourth-order valence-electron chi connectivity index (χ4n) is 1.47. The zero-order chi connectivity index (χ0) is 16.0. The summed E-state index contributed by atoms with van der Waals surface area (Å²) in [4.78, 5) is 23.9. The monoisotopic (exact) mass is 626 g/mol. The van der Waals surface area contributed by atoms with Crippen molar-refractivity contribution in [1.82, 2.24) is 5.32 Å². The van der Waals surface area contributed by atoms with E-state index in [2.05, 4.69) is 85.0 Å². The molecule has 0 radical (unpaired) electrons. The van der Waals surface area contributed by atoms with E-state index in [-0.39, 0.29) is 18.4 Å². The Bertz CT molecular complexity index is 576. The zero-order valence-corrected chi connectivity index (χ0v) is 17.6. The van der Waals surface area contributed by atoms with Gasteiger partial charge < -0.3 is 15.4 Å². The molecule has 1 aromatic carbocycles. The number of ether oxygens (including phenoxy) is 1. The van der Waals surface area contributed by atoms with Gasteiger partial charge in [0.05, 0.1) is 14.8 Å². The number of carbonyl (C=O) groups is 2. The number of rotatable bonds is 6. The average molecular weight is 626 g/mol. The Hall–Kier alpha value is 0.0500. The molecule has 0 spiro atoms. The van der Waals surface area contributed by atoms with Crippen LogP contribution in [0, 0.1) is 10.7 Å². The number of hydrogen-bond acceptors (Lipinski definition) is 3. The number of anilines is 1. The minimum absolute atomic E-state index is 0.0316. The van der Waals surface area contributed by atoms with Gasteiger partial charge in [-0.15, -0.1) is 6.58 Å². The molecular formula is C13H13I3N2O3. The Morgan fingerprint density at radius 1 is 1.33 bits per heavy atom. The highest BCUT2D eigenvalue weighted by Crippen LogP contribution is 2.31. The Labute approximate surface area is 164 Å². The third-order valence-electron chi connectivity index (χ3n) is 2.34. The molecule has 0 bridgehead atoms. The largest absolute Gasteiger partial charge is 0.375 e. The van der Waals surface area contributed by atoms with Gasteiger partial charge in [0.2, 0.25) is 5.91 Å². The normalized spacial score (nSPS) is 10.1. The number of nitrogens with one attached hydrogen (secondary N) is 2. The summed E-state index contributed by atoms with van der Waals surface area (Å²) < 4.78 is 7.20. The summed E-state index contributed by atoms with van der Waals surface area (Å²) in [6, 6.07) is 1.86. The summed E-state index contributed by atoms with van der Waals surface area (Å²) in [5, 5.41) is 5.52. The second kappa shape index (κ2) is 9.25. The van der Waals surface area contributed by atoms with Crippen molar-refractivity contribution in [3.05, 3.63) is 35.0 Å². The van der Waals surface area contributed by atoms with Crippen molar-refractivity contribution in [2.24, 2.45) is 0 Å². The van der Waals surface area contributed by atoms with Crippen LogP contribution in [0.1, 0.15) is 10.4 Å².